The number of rotatable bonds is 2. The van der Waals surface area contributed by atoms with E-state index in [4.69, 9.17) is 11.6 Å². The molecule has 0 aliphatic carbocycles. The van der Waals surface area contributed by atoms with E-state index in [0.29, 0.717) is 18.1 Å². The Labute approximate surface area is 124 Å². The van der Waals surface area contributed by atoms with Gasteiger partial charge in [0.1, 0.15) is 0 Å². The summed E-state index contributed by atoms with van der Waals surface area (Å²) in [5, 5.41) is 0.656. The Balaban J connectivity index is 2.12. The van der Waals surface area contributed by atoms with Gasteiger partial charge in [-0.1, -0.05) is 11.6 Å². The number of carbonyl (C=O) groups excluding carboxylic acids is 2. The number of anilines is 1. The zero-order valence-corrected chi connectivity index (χ0v) is 12.6. The zero-order valence-electron chi connectivity index (χ0n) is 11.8. The summed E-state index contributed by atoms with van der Waals surface area (Å²) in [5.74, 6) is 0.123. The van der Waals surface area contributed by atoms with Gasteiger partial charge in [0.2, 0.25) is 11.8 Å². The van der Waals surface area contributed by atoms with Gasteiger partial charge in [-0.05, 0) is 37.1 Å². The topological polar surface area (TPSA) is 40.6 Å². The fourth-order valence-electron chi connectivity index (χ4n) is 2.69. The Bertz CT molecular complexity index is 493. The number of carbonyl (C=O) groups is 2. The number of amides is 2. The largest absolute Gasteiger partial charge is 0.343 e. The van der Waals surface area contributed by atoms with Crippen LogP contribution in [0.15, 0.2) is 24.3 Å². The predicted octanol–water partition coefficient (Wildman–Crippen LogP) is 2.70. The van der Waals surface area contributed by atoms with Crippen molar-refractivity contribution in [2.45, 2.75) is 32.7 Å². The van der Waals surface area contributed by atoms with Gasteiger partial charge in [-0.15, -0.1) is 0 Å². The highest BCUT2D eigenvalue weighted by Crippen LogP contribution is 2.25. The quantitative estimate of drug-likeness (QED) is 0.841. The predicted molar refractivity (Wildman–Crippen MR) is 79.9 cm³/mol. The van der Waals surface area contributed by atoms with E-state index >= 15 is 0 Å². The van der Waals surface area contributed by atoms with E-state index in [1.165, 1.54) is 0 Å². The SMILES string of the molecule is CC(=O)N1CCC(N(C(C)=O)c2ccc(Cl)cc2)CC1. The van der Waals surface area contributed by atoms with Crippen molar-refractivity contribution in [2.75, 3.05) is 18.0 Å². The summed E-state index contributed by atoms with van der Waals surface area (Å²) in [6, 6.07) is 7.45. The third kappa shape index (κ3) is 3.31. The van der Waals surface area contributed by atoms with Crippen LogP contribution in [0.2, 0.25) is 5.02 Å². The van der Waals surface area contributed by atoms with Gasteiger partial charge in [-0.25, -0.2) is 0 Å². The molecule has 2 amide bonds. The standard InChI is InChI=1S/C15H19ClN2O2/c1-11(19)17-9-7-15(8-10-17)18(12(2)20)14-5-3-13(16)4-6-14/h3-6,15H,7-10H2,1-2H3. The molecule has 1 saturated heterocycles. The van der Waals surface area contributed by atoms with Gasteiger partial charge in [0.05, 0.1) is 0 Å². The number of nitrogens with zero attached hydrogens (tertiary/aromatic N) is 2. The van der Waals surface area contributed by atoms with Crippen molar-refractivity contribution in [3.63, 3.8) is 0 Å². The highest BCUT2D eigenvalue weighted by atomic mass is 35.5. The Morgan fingerprint density at radius 1 is 1.15 bits per heavy atom. The Morgan fingerprint density at radius 3 is 2.15 bits per heavy atom. The molecule has 1 heterocycles. The van der Waals surface area contributed by atoms with Crippen molar-refractivity contribution >= 4 is 29.1 Å². The summed E-state index contributed by atoms with van der Waals surface area (Å²) in [5.41, 5.74) is 0.864. The number of benzene rings is 1. The molecular weight excluding hydrogens is 276 g/mol. The molecule has 4 nitrogen and oxygen atoms in total. The molecule has 0 unspecified atom stereocenters. The molecule has 0 spiro atoms. The number of hydrogen-bond acceptors (Lipinski definition) is 2. The van der Waals surface area contributed by atoms with E-state index < -0.39 is 0 Å². The van der Waals surface area contributed by atoms with Gasteiger partial charge >= 0.3 is 0 Å². The minimum absolute atomic E-state index is 0.0218. The second-order valence-corrected chi connectivity index (χ2v) is 5.54. The number of halogens is 1. The number of piperidine rings is 1. The van der Waals surface area contributed by atoms with Crippen molar-refractivity contribution < 1.29 is 9.59 Å². The van der Waals surface area contributed by atoms with E-state index in [2.05, 4.69) is 0 Å². The Kier molecular flexibility index (Phi) is 4.65. The van der Waals surface area contributed by atoms with Gasteiger partial charge in [0, 0.05) is 43.7 Å². The molecular formula is C15H19ClN2O2. The van der Waals surface area contributed by atoms with Crippen molar-refractivity contribution in [3.05, 3.63) is 29.3 Å². The van der Waals surface area contributed by atoms with Crippen molar-refractivity contribution in [3.8, 4) is 0 Å². The van der Waals surface area contributed by atoms with E-state index in [0.717, 1.165) is 18.5 Å². The maximum absolute atomic E-state index is 12.0. The monoisotopic (exact) mass is 294 g/mol. The summed E-state index contributed by atoms with van der Waals surface area (Å²) in [7, 11) is 0. The molecule has 108 valence electrons. The fraction of sp³-hybridized carbons (Fsp3) is 0.467. The third-order valence-electron chi connectivity index (χ3n) is 3.72. The van der Waals surface area contributed by atoms with E-state index in [1.54, 1.807) is 26.0 Å². The third-order valence-corrected chi connectivity index (χ3v) is 3.97. The van der Waals surface area contributed by atoms with E-state index in [1.807, 2.05) is 21.9 Å². The van der Waals surface area contributed by atoms with Crippen LogP contribution in [0.3, 0.4) is 0 Å². The van der Waals surface area contributed by atoms with Crippen LogP contribution in [0.25, 0.3) is 0 Å². The van der Waals surface area contributed by atoms with Crippen LogP contribution in [-0.2, 0) is 9.59 Å². The first kappa shape index (κ1) is 14.9. The molecule has 20 heavy (non-hydrogen) atoms. The van der Waals surface area contributed by atoms with Gasteiger partial charge in [0.25, 0.3) is 0 Å². The molecule has 1 aliphatic heterocycles. The highest BCUT2D eigenvalue weighted by molar-refractivity contribution is 6.30. The summed E-state index contributed by atoms with van der Waals surface area (Å²) in [4.78, 5) is 26.9. The molecule has 0 radical (unpaired) electrons. The summed E-state index contributed by atoms with van der Waals surface area (Å²) in [6.45, 7) is 4.57. The van der Waals surface area contributed by atoms with Crippen molar-refractivity contribution in [2.24, 2.45) is 0 Å². The normalized spacial score (nSPS) is 16.1. The number of likely N-dealkylation sites (tertiary alicyclic amines) is 1. The molecule has 0 N–H and O–H groups in total. The fourth-order valence-corrected chi connectivity index (χ4v) is 2.82. The van der Waals surface area contributed by atoms with Crippen LogP contribution in [0.1, 0.15) is 26.7 Å². The van der Waals surface area contributed by atoms with Gasteiger partial charge in [-0.3, -0.25) is 9.59 Å². The van der Waals surface area contributed by atoms with Gasteiger partial charge in [-0.2, -0.15) is 0 Å². The summed E-state index contributed by atoms with van der Waals surface area (Å²) >= 11 is 5.89. The lowest BCUT2D eigenvalue weighted by atomic mass is 10.0. The maximum atomic E-state index is 12.0. The highest BCUT2D eigenvalue weighted by Gasteiger charge is 2.28. The molecule has 1 aromatic carbocycles. The maximum Gasteiger partial charge on any atom is 0.224 e. The average Bonchev–Trinajstić information content (AvgIpc) is 2.41. The smallest absolute Gasteiger partial charge is 0.224 e. The summed E-state index contributed by atoms with van der Waals surface area (Å²) < 4.78 is 0. The lowest BCUT2D eigenvalue weighted by Gasteiger charge is -2.38. The Hall–Kier alpha value is -1.55. The molecule has 0 bridgehead atoms. The van der Waals surface area contributed by atoms with Gasteiger partial charge < -0.3 is 9.80 Å². The molecule has 1 aromatic rings. The second-order valence-electron chi connectivity index (χ2n) is 5.10. The van der Waals surface area contributed by atoms with Crippen LogP contribution < -0.4 is 4.90 Å². The molecule has 0 atom stereocenters. The lowest BCUT2D eigenvalue weighted by molar-refractivity contribution is -0.129. The summed E-state index contributed by atoms with van der Waals surface area (Å²) in [6.07, 6.45) is 1.61. The van der Waals surface area contributed by atoms with E-state index in [-0.39, 0.29) is 17.9 Å². The number of hydrogen-bond donors (Lipinski definition) is 0. The molecule has 1 fully saturated rings. The van der Waals surface area contributed by atoms with Crippen LogP contribution in [0.5, 0.6) is 0 Å². The van der Waals surface area contributed by atoms with Crippen LogP contribution in [0.4, 0.5) is 5.69 Å². The van der Waals surface area contributed by atoms with Crippen molar-refractivity contribution in [1.29, 1.82) is 0 Å². The lowest BCUT2D eigenvalue weighted by Crippen LogP contribution is -2.48. The zero-order chi connectivity index (χ0) is 14.7. The first-order chi connectivity index (χ1) is 9.49. The van der Waals surface area contributed by atoms with Crippen LogP contribution >= 0.6 is 11.6 Å². The minimum Gasteiger partial charge on any atom is -0.343 e. The average molecular weight is 295 g/mol. The molecule has 1 aliphatic rings. The molecule has 2 rings (SSSR count). The molecule has 0 aromatic heterocycles. The van der Waals surface area contributed by atoms with Crippen molar-refractivity contribution in [1.82, 2.24) is 4.90 Å². The Morgan fingerprint density at radius 2 is 1.70 bits per heavy atom. The van der Waals surface area contributed by atoms with Crippen LogP contribution in [0, 0.1) is 0 Å². The van der Waals surface area contributed by atoms with Gasteiger partial charge in [0.15, 0.2) is 0 Å². The molecule has 5 heteroatoms. The molecule has 0 saturated carbocycles. The van der Waals surface area contributed by atoms with E-state index in [9.17, 15) is 9.59 Å². The first-order valence-electron chi connectivity index (χ1n) is 6.80. The second kappa shape index (κ2) is 6.27. The first-order valence-corrected chi connectivity index (χ1v) is 7.17. The van der Waals surface area contributed by atoms with Crippen LogP contribution in [-0.4, -0.2) is 35.8 Å². The minimum atomic E-state index is 0.0218.